The van der Waals surface area contributed by atoms with E-state index < -0.39 is 21.8 Å². The van der Waals surface area contributed by atoms with E-state index in [1.807, 2.05) is 32.9 Å². The molecular formula is C22H27FN2O4S. The summed E-state index contributed by atoms with van der Waals surface area (Å²) in [7, 11) is -2.66. The topological polar surface area (TPSA) is 75.7 Å². The van der Waals surface area contributed by atoms with E-state index in [-0.39, 0.29) is 29.6 Å². The average Bonchev–Trinajstić information content (AvgIpc) is 2.70. The predicted octanol–water partition coefficient (Wildman–Crippen LogP) is 3.80. The second-order valence-electron chi connectivity index (χ2n) is 7.76. The van der Waals surface area contributed by atoms with Crippen LogP contribution in [-0.2, 0) is 14.8 Å². The van der Waals surface area contributed by atoms with Gasteiger partial charge in [0.1, 0.15) is 16.5 Å². The highest BCUT2D eigenvalue weighted by Crippen LogP contribution is 2.31. The fourth-order valence-corrected chi connectivity index (χ4v) is 5.66. The molecule has 0 aliphatic carbocycles. The third-order valence-electron chi connectivity index (χ3n) is 5.42. The zero-order valence-electron chi connectivity index (χ0n) is 17.7. The molecule has 1 heterocycles. The summed E-state index contributed by atoms with van der Waals surface area (Å²) < 4.78 is 46.4. The van der Waals surface area contributed by atoms with Gasteiger partial charge in [0, 0.05) is 18.8 Å². The molecule has 162 valence electrons. The minimum atomic E-state index is -4.00. The molecule has 8 heteroatoms. The Hall–Kier alpha value is -2.45. The first kappa shape index (κ1) is 22.2. The number of nitrogens with one attached hydrogen (secondary N) is 1. The van der Waals surface area contributed by atoms with Crippen molar-refractivity contribution in [3.05, 3.63) is 52.8 Å². The van der Waals surface area contributed by atoms with E-state index in [4.69, 9.17) is 4.74 Å². The molecule has 0 bridgehead atoms. The van der Waals surface area contributed by atoms with Gasteiger partial charge in [-0.1, -0.05) is 17.7 Å². The molecule has 2 aromatic carbocycles. The van der Waals surface area contributed by atoms with Crippen LogP contribution in [0.2, 0.25) is 0 Å². The Morgan fingerprint density at radius 1 is 1.17 bits per heavy atom. The number of hydrogen-bond donors (Lipinski definition) is 1. The smallest absolute Gasteiger partial charge is 0.246 e. The zero-order chi connectivity index (χ0) is 22.1. The van der Waals surface area contributed by atoms with E-state index in [0.29, 0.717) is 12.8 Å². The summed E-state index contributed by atoms with van der Waals surface area (Å²) in [5.41, 5.74) is 3.80. The van der Waals surface area contributed by atoms with Gasteiger partial charge in [0.15, 0.2) is 0 Å². The van der Waals surface area contributed by atoms with E-state index in [9.17, 15) is 17.6 Å². The third-order valence-corrected chi connectivity index (χ3v) is 7.31. The lowest BCUT2D eigenvalue weighted by atomic mass is 9.98. The number of carbonyl (C=O) groups excluding carboxylic acids is 1. The summed E-state index contributed by atoms with van der Waals surface area (Å²) in [6.45, 7) is 6.18. The number of halogens is 1. The standard InChI is InChI=1S/C22H27FN2O4S/c1-14-10-15(2)21(16(3)11-14)24-22(26)17-6-5-9-25(13-17)30(27,28)20-12-18(23)7-8-19(20)29-4/h7-8,10-12,17H,5-6,9,13H2,1-4H3,(H,24,26)/t17-/m0/s1. The molecule has 0 unspecified atom stereocenters. The minimum Gasteiger partial charge on any atom is -0.495 e. The molecule has 2 aromatic rings. The van der Waals surface area contributed by atoms with E-state index in [1.165, 1.54) is 17.5 Å². The van der Waals surface area contributed by atoms with Gasteiger partial charge in [-0.05, 0) is 62.9 Å². The molecule has 30 heavy (non-hydrogen) atoms. The monoisotopic (exact) mass is 434 g/mol. The molecular weight excluding hydrogens is 407 g/mol. The first-order chi connectivity index (χ1) is 14.1. The number of ether oxygens (including phenoxy) is 1. The largest absolute Gasteiger partial charge is 0.495 e. The molecule has 1 fully saturated rings. The summed E-state index contributed by atoms with van der Waals surface area (Å²) in [6.07, 6.45) is 1.13. The summed E-state index contributed by atoms with van der Waals surface area (Å²) in [5, 5.41) is 2.97. The molecule has 6 nitrogen and oxygen atoms in total. The van der Waals surface area contributed by atoms with Crippen LogP contribution >= 0.6 is 0 Å². The lowest BCUT2D eigenvalue weighted by molar-refractivity contribution is -0.120. The van der Waals surface area contributed by atoms with Crippen molar-refractivity contribution in [2.45, 2.75) is 38.5 Å². The number of hydrogen-bond acceptors (Lipinski definition) is 4. The first-order valence-electron chi connectivity index (χ1n) is 9.86. The number of amides is 1. The van der Waals surface area contributed by atoms with Gasteiger partial charge in [0.2, 0.25) is 15.9 Å². The van der Waals surface area contributed by atoms with E-state index in [0.717, 1.165) is 34.5 Å². The Morgan fingerprint density at radius 2 is 1.83 bits per heavy atom. The highest BCUT2D eigenvalue weighted by Gasteiger charge is 2.35. The molecule has 1 aliphatic heterocycles. The number of sulfonamides is 1. The van der Waals surface area contributed by atoms with Crippen molar-refractivity contribution in [1.29, 1.82) is 0 Å². The molecule has 1 atom stereocenters. The maximum atomic E-state index is 13.7. The maximum absolute atomic E-state index is 13.7. The van der Waals surface area contributed by atoms with Gasteiger partial charge >= 0.3 is 0 Å². The van der Waals surface area contributed by atoms with Crippen LogP contribution in [0, 0.1) is 32.5 Å². The average molecular weight is 435 g/mol. The third kappa shape index (κ3) is 4.49. The Morgan fingerprint density at radius 3 is 2.47 bits per heavy atom. The van der Waals surface area contributed by atoms with Gasteiger partial charge in [0.05, 0.1) is 13.0 Å². The SMILES string of the molecule is COc1ccc(F)cc1S(=O)(=O)N1CCC[C@H](C(=O)Nc2c(C)cc(C)cc2C)C1. The van der Waals surface area contributed by atoms with E-state index in [2.05, 4.69) is 5.32 Å². The second kappa shape index (κ2) is 8.73. The predicted molar refractivity (Wildman–Crippen MR) is 114 cm³/mol. The van der Waals surface area contributed by atoms with E-state index in [1.54, 1.807) is 0 Å². The molecule has 0 spiro atoms. The molecule has 1 saturated heterocycles. The van der Waals surface area contributed by atoms with Crippen molar-refractivity contribution < 1.29 is 22.3 Å². The molecule has 1 amide bonds. The van der Waals surface area contributed by atoms with Crippen LogP contribution in [0.1, 0.15) is 29.5 Å². The number of rotatable bonds is 5. The Labute approximate surface area is 177 Å². The van der Waals surface area contributed by atoms with Crippen molar-refractivity contribution in [2.24, 2.45) is 5.92 Å². The van der Waals surface area contributed by atoms with Gasteiger partial charge in [-0.2, -0.15) is 4.31 Å². The Bertz CT molecular complexity index is 1050. The fraction of sp³-hybridized carbons (Fsp3) is 0.409. The molecule has 0 aromatic heterocycles. The molecule has 1 N–H and O–H groups in total. The molecule has 0 saturated carbocycles. The van der Waals surface area contributed by atoms with Crippen molar-refractivity contribution in [3.8, 4) is 5.75 Å². The normalized spacial score (nSPS) is 17.6. The molecule has 3 rings (SSSR count). The zero-order valence-corrected chi connectivity index (χ0v) is 18.5. The number of nitrogens with zero attached hydrogens (tertiary/aromatic N) is 1. The summed E-state index contributed by atoms with van der Waals surface area (Å²) in [6, 6.07) is 7.39. The first-order valence-corrected chi connectivity index (χ1v) is 11.3. The highest BCUT2D eigenvalue weighted by molar-refractivity contribution is 7.89. The number of carbonyl (C=O) groups is 1. The Balaban J connectivity index is 1.82. The van der Waals surface area contributed by atoms with Crippen LogP contribution in [0.15, 0.2) is 35.2 Å². The quantitative estimate of drug-likeness (QED) is 0.777. The van der Waals surface area contributed by atoms with Crippen LogP contribution < -0.4 is 10.1 Å². The fourth-order valence-electron chi connectivity index (χ4n) is 3.97. The lowest BCUT2D eigenvalue weighted by Gasteiger charge is -2.31. The van der Waals surface area contributed by atoms with Gasteiger partial charge in [-0.15, -0.1) is 0 Å². The minimum absolute atomic E-state index is 0.0395. The van der Waals surface area contributed by atoms with Crippen molar-refractivity contribution in [2.75, 3.05) is 25.5 Å². The number of aryl methyl sites for hydroxylation is 3. The van der Waals surface area contributed by atoms with Crippen LogP contribution in [0.25, 0.3) is 0 Å². The number of piperidine rings is 1. The maximum Gasteiger partial charge on any atom is 0.246 e. The van der Waals surface area contributed by atoms with Crippen molar-refractivity contribution in [1.82, 2.24) is 4.31 Å². The van der Waals surface area contributed by atoms with E-state index >= 15 is 0 Å². The molecule has 0 radical (unpaired) electrons. The van der Waals surface area contributed by atoms with Crippen LogP contribution in [-0.4, -0.2) is 38.8 Å². The Kier molecular flexibility index (Phi) is 6.47. The van der Waals surface area contributed by atoms with Gasteiger partial charge < -0.3 is 10.1 Å². The van der Waals surface area contributed by atoms with Crippen LogP contribution in [0.5, 0.6) is 5.75 Å². The highest BCUT2D eigenvalue weighted by atomic mass is 32.2. The summed E-state index contributed by atoms with van der Waals surface area (Å²) in [4.78, 5) is 12.7. The summed E-state index contributed by atoms with van der Waals surface area (Å²) >= 11 is 0. The van der Waals surface area contributed by atoms with Crippen LogP contribution in [0.3, 0.4) is 0 Å². The van der Waals surface area contributed by atoms with Crippen molar-refractivity contribution in [3.63, 3.8) is 0 Å². The second-order valence-corrected chi connectivity index (χ2v) is 9.67. The van der Waals surface area contributed by atoms with Gasteiger partial charge in [0.25, 0.3) is 0 Å². The number of anilines is 1. The molecule has 1 aliphatic rings. The summed E-state index contributed by atoms with van der Waals surface area (Å²) in [5.74, 6) is -1.29. The lowest BCUT2D eigenvalue weighted by Crippen LogP contribution is -2.43. The number of methoxy groups -OCH3 is 1. The number of benzene rings is 2. The van der Waals surface area contributed by atoms with Crippen molar-refractivity contribution >= 4 is 21.6 Å². The van der Waals surface area contributed by atoms with Gasteiger partial charge in [-0.25, -0.2) is 12.8 Å². The van der Waals surface area contributed by atoms with Crippen LogP contribution in [0.4, 0.5) is 10.1 Å². The van der Waals surface area contributed by atoms with Gasteiger partial charge in [-0.3, -0.25) is 4.79 Å².